The van der Waals surface area contributed by atoms with E-state index in [1.54, 1.807) is 18.4 Å². The summed E-state index contributed by atoms with van der Waals surface area (Å²) >= 11 is 1.66. The zero-order valence-corrected chi connectivity index (χ0v) is 17.1. The largest absolute Gasteiger partial charge is 0.352 e. The van der Waals surface area contributed by atoms with Crippen molar-refractivity contribution in [2.24, 2.45) is 4.99 Å². The average Bonchev–Trinajstić information content (AvgIpc) is 3.08. The van der Waals surface area contributed by atoms with Crippen LogP contribution in [-0.2, 0) is 17.9 Å². The van der Waals surface area contributed by atoms with Crippen LogP contribution in [0, 0.1) is 6.92 Å². The number of nitrogens with one attached hydrogen (secondary N) is 1. The lowest BCUT2D eigenvalue weighted by atomic mass is 10.1. The van der Waals surface area contributed by atoms with Crippen molar-refractivity contribution in [1.82, 2.24) is 15.2 Å². The molecule has 0 spiro atoms. The van der Waals surface area contributed by atoms with Gasteiger partial charge in [-0.15, -0.1) is 11.3 Å². The molecule has 0 saturated carbocycles. The number of aromatic nitrogens is 1. The highest BCUT2D eigenvalue weighted by Crippen LogP contribution is 2.21. The summed E-state index contributed by atoms with van der Waals surface area (Å²) in [7, 11) is 3.80. The van der Waals surface area contributed by atoms with Crippen molar-refractivity contribution in [2.45, 2.75) is 39.3 Å². The summed E-state index contributed by atoms with van der Waals surface area (Å²) in [4.78, 5) is 24.9. The Kier molecular flexibility index (Phi) is 6.45. The summed E-state index contributed by atoms with van der Waals surface area (Å²) in [6.45, 7) is 4.24. The summed E-state index contributed by atoms with van der Waals surface area (Å²) in [6, 6.07) is 8.21. The maximum atomic E-state index is 12.0. The molecule has 1 N–H and O–H groups in total. The molecule has 3 rings (SSSR count). The fourth-order valence-electron chi connectivity index (χ4n) is 3.24. The van der Waals surface area contributed by atoms with E-state index < -0.39 is 0 Å². The molecule has 0 atom stereocenters. The van der Waals surface area contributed by atoms with Gasteiger partial charge in [-0.25, -0.2) is 4.98 Å². The molecule has 0 unspecified atom stereocenters. The number of amides is 1. The van der Waals surface area contributed by atoms with Gasteiger partial charge in [0.15, 0.2) is 5.96 Å². The zero-order chi connectivity index (χ0) is 19.2. The highest BCUT2D eigenvalue weighted by Gasteiger charge is 2.19. The van der Waals surface area contributed by atoms with E-state index in [4.69, 9.17) is 0 Å². The second-order valence-electron chi connectivity index (χ2n) is 6.78. The topological polar surface area (TPSA) is 60.8 Å². The third-order valence-electron chi connectivity index (χ3n) is 4.66. The molecular weight excluding hydrogens is 358 g/mol. The number of guanidine groups is 1. The summed E-state index contributed by atoms with van der Waals surface area (Å²) in [6.07, 6.45) is 2.74. The van der Waals surface area contributed by atoms with Crippen LogP contribution < -0.4 is 10.2 Å². The van der Waals surface area contributed by atoms with Gasteiger partial charge in [-0.2, -0.15) is 0 Å². The van der Waals surface area contributed by atoms with Crippen LogP contribution in [-0.4, -0.2) is 42.4 Å². The molecule has 2 heterocycles. The van der Waals surface area contributed by atoms with E-state index in [1.165, 1.54) is 0 Å². The van der Waals surface area contributed by atoms with Crippen LogP contribution in [0.3, 0.4) is 0 Å². The monoisotopic (exact) mass is 385 g/mol. The molecule has 1 aliphatic heterocycles. The SMILES string of the molecule is CN=C(NCc1ccc(N2CCCCC2=O)cc1)N(C)Cc1csc(C)n1. The number of aryl methyl sites for hydroxylation is 1. The highest BCUT2D eigenvalue weighted by molar-refractivity contribution is 7.09. The first-order chi connectivity index (χ1) is 13.1. The number of carbonyl (C=O) groups excluding carboxylic acids is 1. The van der Waals surface area contributed by atoms with Crippen LogP contribution in [0.1, 0.15) is 35.5 Å². The lowest BCUT2D eigenvalue weighted by Gasteiger charge is -2.27. The number of hydrogen-bond donors (Lipinski definition) is 1. The van der Waals surface area contributed by atoms with Gasteiger partial charge in [0.2, 0.25) is 5.91 Å². The van der Waals surface area contributed by atoms with Gasteiger partial charge >= 0.3 is 0 Å². The standard InChI is InChI=1S/C20H27N5OS/c1-15-23-17(14-27-15)13-24(3)20(21-2)22-12-16-7-9-18(10-8-16)25-11-5-4-6-19(25)26/h7-10,14H,4-6,11-13H2,1-3H3,(H,21,22). The van der Waals surface area contributed by atoms with Crippen molar-refractivity contribution in [2.75, 3.05) is 25.5 Å². The summed E-state index contributed by atoms with van der Waals surface area (Å²) in [5.41, 5.74) is 3.20. The average molecular weight is 386 g/mol. The van der Waals surface area contributed by atoms with Crippen molar-refractivity contribution < 1.29 is 4.79 Å². The molecule has 144 valence electrons. The second kappa shape index (κ2) is 8.99. The smallest absolute Gasteiger partial charge is 0.226 e. The number of carbonyl (C=O) groups is 1. The van der Waals surface area contributed by atoms with E-state index in [0.29, 0.717) is 13.0 Å². The molecule has 1 aromatic heterocycles. The Morgan fingerprint density at radius 2 is 2.11 bits per heavy atom. The molecule has 1 aromatic carbocycles. The van der Waals surface area contributed by atoms with Crippen LogP contribution in [0.15, 0.2) is 34.6 Å². The quantitative estimate of drug-likeness (QED) is 0.634. The minimum Gasteiger partial charge on any atom is -0.352 e. The number of piperidine rings is 1. The van der Waals surface area contributed by atoms with Crippen LogP contribution in [0.25, 0.3) is 0 Å². The van der Waals surface area contributed by atoms with Gasteiger partial charge in [-0.05, 0) is 37.5 Å². The first-order valence-electron chi connectivity index (χ1n) is 9.29. The Bertz CT molecular complexity index is 799. The molecular formula is C20H27N5OS. The Morgan fingerprint density at radius 3 is 2.74 bits per heavy atom. The molecule has 6 nitrogen and oxygen atoms in total. The predicted octanol–water partition coefficient (Wildman–Crippen LogP) is 3.18. The minimum atomic E-state index is 0.228. The van der Waals surface area contributed by atoms with E-state index in [0.717, 1.165) is 53.8 Å². The third-order valence-corrected chi connectivity index (χ3v) is 5.48. The molecule has 1 saturated heterocycles. The molecule has 1 aliphatic rings. The normalized spacial score (nSPS) is 15.1. The lowest BCUT2D eigenvalue weighted by molar-refractivity contribution is -0.119. The molecule has 0 aliphatic carbocycles. The number of thiazole rings is 1. The molecule has 2 aromatic rings. The molecule has 1 amide bonds. The summed E-state index contributed by atoms with van der Waals surface area (Å²) in [5, 5.41) is 6.55. The minimum absolute atomic E-state index is 0.228. The Hall–Kier alpha value is -2.41. The first-order valence-corrected chi connectivity index (χ1v) is 10.2. The summed E-state index contributed by atoms with van der Waals surface area (Å²) in [5.74, 6) is 1.06. The van der Waals surface area contributed by atoms with E-state index in [9.17, 15) is 4.79 Å². The van der Waals surface area contributed by atoms with Gasteiger partial charge in [0, 0.05) is 44.7 Å². The predicted molar refractivity (Wildman–Crippen MR) is 111 cm³/mol. The third kappa shape index (κ3) is 5.07. The number of rotatable bonds is 5. The molecule has 7 heteroatoms. The van der Waals surface area contributed by atoms with E-state index >= 15 is 0 Å². The Labute approximate surface area is 164 Å². The van der Waals surface area contributed by atoms with Crippen molar-refractivity contribution in [1.29, 1.82) is 0 Å². The fourth-order valence-corrected chi connectivity index (χ4v) is 3.84. The van der Waals surface area contributed by atoms with E-state index in [2.05, 4.69) is 37.7 Å². The van der Waals surface area contributed by atoms with Crippen LogP contribution >= 0.6 is 11.3 Å². The second-order valence-corrected chi connectivity index (χ2v) is 7.85. The van der Waals surface area contributed by atoms with Crippen molar-refractivity contribution in [3.05, 3.63) is 45.9 Å². The summed E-state index contributed by atoms with van der Waals surface area (Å²) < 4.78 is 0. The zero-order valence-electron chi connectivity index (χ0n) is 16.2. The molecule has 1 fully saturated rings. The number of aliphatic imine (C=N–C) groups is 1. The van der Waals surface area contributed by atoms with Crippen molar-refractivity contribution in [3.63, 3.8) is 0 Å². The number of hydrogen-bond acceptors (Lipinski definition) is 4. The van der Waals surface area contributed by atoms with Gasteiger partial charge < -0.3 is 15.1 Å². The number of benzene rings is 1. The Balaban J connectivity index is 1.55. The van der Waals surface area contributed by atoms with Gasteiger partial charge in [0.25, 0.3) is 0 Å². The number of nitrogens with zero attached hydrogens (tertiary/aromatic N) is 4. The van der Waals surface area contributed by atoms with Crippen LogP contribution in [0.2, 0.25) is 0 Å². The van der Waals surface area contributed by atoms with E-state index in [-0.39, 0.29) is 5.91 Å². The van der Waals surface area contributed by atoms with Crippen molar-refractivity contribution in [3.8, 4) is 0 Å². The van der Waals surface area contributed by atoms with Gasteiger partial charge in [0.1, 0.15) is 0 Å². The van der Waals surface area contributed by atoms with Crippen molar-refractivity contribution >= 4 is 28.9 Å². The van der Waals surface area contributed by atoms with Crippen LogP contribution in [0.5, 0.6) is 0 Å². The maximum absolute atomic E-state index is 12.0. The molecule has 0 bridgehead atoms. The van der Waals surface area contributed by atoms with Crippen LogP contribution in [0.4, 0.5) is 5.69 Å². The van der Waals surface area contributed by atoms with Gasteiger partial charge in [0.05, 0.1) is 17.2 Å². The van der Waals surface area contributed by atoms with E-state index in [1.807, 2.05) is 31.0 Å². The first kappa shape index (κ1) is 19.4. The molecule has 27 heavy (non-hydrogen) atoms. The van der Waals surface area contributed by atoms with Gasteiger partial charge in [-0.1, -0.05) is 12.1 Å². The lowest BCUT2D eigenvalue weighted by Crippen LogP contribution is -2.38. The van der Waals surface area contributed by atoms with Gasteiger partial charge in [-0.3, -0.25) is 9.79 Å². The molecule has 0 radical (unpaired) electrons. The highest BCUT2D eigenvalue weighted by atomic mass is 32.1. The fraction of sp³-hybridized carbons (Fsp3) is 0.450. The number of anilines is 1. The Morgan fingerprint density at radius 1 is 1.33 bits per heavy atom. The maximum Gasteiger partial charge on any atom is 0.226 e.